The smallest absolute Gasteiger partial charge is 0.354 e. The normalized spacial score (nSPS) is 10.4. The average Bonchev–Trinajstić information content (AvgIpc) is 2.41. The molecule has 0 aliphatic carbocycles. The van der Waals surface area contributed by atoms with Crippen molar-refractivity contribution in [2.45, 2.75) is 6.61 Å². The number of nitrogens with zero attached hydrogens (tertiary/aromatic N) is 2. The molecule has 98 valence electrons. The highest BCUT2D eigenvalue weighted by atomic mass is 35.5. The number of rotatable bonds is 4. The lowest BCUT2D eigenvalue weighted by Crippen LogP contribution is -2.01. The van der Waals surface area contributed by atoms with E-state index in [1.807, 2.05) is 12.1 Å². The van der Waals surface area contributed by atoms with Crippen molar-refractivity contribution < 1.29 is 14.6 Å². The molecule has 0 bridgehead atoms. The Labute approximate surface area is 114 Å². The predicted molar refractivity (Wildman–Crippen MR) is 70.2 cm³/mol. The van der Waals surface area contributed by atoms with Crippen LogP contribution in [0.3, 0.4) is 0 Å². The van der Waals surface area contributed by atoms with Crippen molar-refractivity contribution in [3.63, 3.8) is 0 Å². The lowest BCUT2D eigenvalue weighted by atomic mass is 10.1. The van der Waals surface area contributed by atoms with E-state index in [4.69, 9.17) is 21.4 Å². The maximum atomic E-state index is 10.9. The van der Waals surface area contributed by atoms with Crippen molar-refractivity contribution in [1.82, 2.24) is 9.97 Å². The molecule has 0 atom stereocenters. The number of hydrogen-bond acceptors (Lipinski definition) is 4. The largest absolute Gasteiger partial charge is 0.477 e. The molecule has 2 aromatic rings. The summed E-state index contributed by atoms with van der Waals surface area (Å²) in [6.45, 7) is 0.420. The molecular weight excluding hydrogens is 268 g/mol. The van der Waals surface area contributed by atoms with Crippen molar-refractivity contribution in [3.05, 3.63) is 46.9 Å². The molecule has 0 saturated carbocycles. The quantitative estimate of drug-likeness (QED) is 0.931. The zero-order valence-corrected chi connectivity index (χ0v) is 10.9. The number of carboxylic acids is 1. The number of hydrogen-bond donors (Lipinski definition) is 1. The van der Waals surface area contributed by atoms with Crippen LogP contribution in [0.5, 0.6) is 0 Å². The molecule has 6 heteroatoms. The van der Waals surface area contributed by atoms with E-state index in [9.17, 15) is 4.79 Å². The molecule has 0 amide bonds. The van der Waals surface area contributed by atoms with Gasteiger partial charge in [0.2, 0.25) is 0 Å². The van der Waals surface area contributed by atoms with Crippen LogP contribution in [0.1, 0.15) is 16.1 Å². The highest BCUT2D eigenvalue weighted by molar-refractivity contribution is 6.31. The lowest BCUT2D eigenvalue weighted by molar-refractivity contribution is 0.0690. The van der Waals surface area contributed by atoms with Crippen molar-refractivity contribution in [1.29, 1.82) is 0 Å². The number of carboxylic acid groups (broad SMARTS) is 1. The summed E-state index contributed by atoms with van der Waals surface area (Å²) < 4.78 is 5.02. The second-order valence-corrected chi connectivity index (χ2v) is 4.24. The van der Waals surface area contributed by atoms with Crippen molar-refractivity contribution in [3.8, 4) is 11.3 Å². The lowest BCUT2D eigenvalue weighted by Gasteiger charge is -2.06. The zero-order chi connectivity index (χ0) is 13.8. The molecule has 2 rings (SSSR count). The molecule has 0 saturated heterocycles. The predicted octanol–water partition coefficient (Wildman–Crippen LogP) is 2.64. The Bertz CT molecular complexity index is 617. The van der Waals surface area contributed by atoms with Crippen molar-refractivity contribution in [2.24, 2.45) is 0 Å². The van der Waals surface area contributed by atoms with Gasteiger partial charge in [-0.1, -0.05) is 23.7 Å². The maximum Gasteiger partial charge on any atom is 0.354 e. The van der Waals surface area contributed by atoms with E-state index in [0.717, 1.165) is 11.1 Å². The van der Waals surface area contributed by atoms with Gasteiger partial charge in [-0.3, -0.25) is 0 Å². The van der Waals surface area contributed by atoms with Gasteiger partial charge in [-0.2, -0.15) is 0 Å². The minimum atomic E-state index is -1.09. The molecule has 5 nitrogen and oxygen atoms in total. The second-order valence-electron chi connectivity index (χ2n) is 3.83. The van der Waals surface area contributed by atoms with Crippen LogP contribution in [0.15, 0.2) is 30.6 Å². The highest BCUT2D eigenvalue weighted by Gasteiger charge is 2.09. The third-order valence-corrected chi connectivity index (χ3v) is 2.89. The third-order valence-electron chi connectivity index (χ3n) is 2.53. The molecule has 0 unspecified atom stereocenters. The summed E-state index contributed by atoms with van der Waals surface area (Å²) in [5, 5.41) is 9.44. The van der Waals surface area contributed by atoms with Gasteiger partial charge in [0.25, 0.3) is 0 Å². The highest BCUT2D eigenvalue weighted by Crippen LogP contribution is 2.25. The summed E-state index contributed by atoms with van der Waals surface area (Å²) in [6, 6.07) is 6.77. The Hall–Kier alpha value is -1.98. The van der Waals surface area contributed by atoms with Crippen LogP contribution in [0.25, 0.3) is 11.3 Å². The van der Waals surface area contributed by atoms with E-state index in [1.165, 1.54) is 12.4 Å². The Morgan fingerprint density at radius 1 is 1.37 bits per heavy atom. The van der Waals surface area contributed by atoms with Crippen LogP contribution < -0.4 is 0 Å². The molecule has 0 aliphatic heterocycles. The summed E-state index contributed by atoms with van der Waals surface area (Å²) in [6.07, 6.45) is 1.22. The topological polar surface area (TPSA) is 72.3 Å². The van der Waals surface area contributed by atoms with Crippen molar-refractivity contribution in [2.75, 3.05) is 7.11 Å². The van der Waals surface area contributed by atoms with Gasteiger partial charge in [-0.05, 0) is 17.7 Å². The Morgan fingerprint density at radius 2 is 2.16 bits per heavy atom. The van der Waals surface area contributed by atoms with Crippen molar-refractivity contribution >= 4 is 17.6 Å². The van der Waals surface area contributed by atoms with E-state index in [2.05, 4.69) is 9.97 Å². The fourth-order valence-corrected chi connectivity index (χ4v) is 1.85. The van der Waals surface area contributed by atoms with E-state index in [1.54, 1.807) is 13.2 Å². The molecule has 19 heavy (non-hydrogen) atoms. The molecule has 1 heterocycles. The van der Waals surface area contributed by atoms with E-state index < -0.39 is 5.97 Å². The molecule has 0 spiro atoms. The van der Waals surface area contributed by atoms with Gasteiger partial charge in [0.1, 0.15) is 6.33 Å². The van der Waals surface area contributed by atoms with Gasteiger partial charge >= 0.3 is 5.97 Å². The zero-order valence-electron chi connectivity index (χ0n) is 10.1. The molecular formula is C13H11ClN2O3. The van der Waals surface area contributed by atoms with Crippen LogP contribution in [0.4, 0.5) is 0 Å². The first-order valence-corrected chi connectivity index (χ1v) is 5.82. The fraction of sp³-hybridized carbons (Fsp3) is 0.154. The first-order chi connectivity index (χ1) is 9.11. The van der Waals surface area contributed by atoms with Crippen LogP contribution in [0, 0.1) is 0 Å². The number of halogens is 1. The van der Waals surface area contributed by atoms with Crippen LogP contribution >= 0.6 is 11.6 Å². The number of aromatic nitrogens is 2. The first kappa shape index (κ1) is 13.5. The van der Waals surface area contributed by atoms with Gasteiger partial charge in [-0.15, -0.1) is 0 Å². The molecule has 0 aliphatic rings. The standard InChI is InChI=1S/C13H11ClN2O3/c1-19-6-9-3-2-8(4-10(9)14)11-5-12(13(17)18)16-7-15-11/h2-5,7H,6H2,1H3,(H,17,18). The minimum Gasteiger partial charge on any atom is -0.477 e. The summed E-state index contributed by atoms with van der Waals surface area (Å²) in [7, 11) is 1.59. The maximum absolute atomic E-state index is 10.9. The fourth-order valence-electron chi connectivity index (χ4n) is 1.61. The third kappa shape index (κ3) is 3.07. The number of ether oxygens (including phenoxy) is 1. The summed E-state index contributed by atoms with van der Waals surface area (Å²) in [4.78, 5) is 18.6. The Balaban J connectivity index is 2.39. The van der Waals surface area contributed by atoms with Gasteiger partial charge in [0, 0.05) is 17.7 Å². The molecule has 0 radical (unpaired) electrons. The Morgan fingerprint density at radius 3 is 2.79 bits per heavy atom. The summed E-state index contributed by atoms with van der Waals surface area (Å²) in [5.74, 6) is -1.09. The van der Waals surface area contributed by atoms with Gasteiger partial charge < -0.3 is 9.84 Å². The number of aromatic carboxylic acids is 1. The first-order valence-electron chi connectivity index (χ1n) is 5.45. The monoisotopic (exact) mass is 278 g/mol. The number of methoxy groups -OCH3 is 1. The van der Waals surface area contributed by atoms with Crippen LogP contribution in [-0.4, -0.2) is 28.2 Å². The summed E-state index contributed by atoms with van der Waals surface area (Å²) in [5.41, 5.74) is 2.05. The molecule has 1 aromatic carbocycles. The molecule has 0 fully saturated rings. The number of carbonyl (C=O) groups is 1. The van der Waals surface area contributed by atoms with E-state index in [0.29, 0.717) is 17.3 Å². The van der Waals surface area contributed by atoms with Gasteiger partial charge in [0.05, 0.1) is 12.3 Å². The van der Waals surface area contributed by atoms with Crippen LogP contribution in [0.2, 0.25) is 5.02 Å². The average molecular weight is 279 g/mol. The Kier molecular flexibility index (Phi) is 4.09. The van der Waals surface area contributed by atoms with Crippen LogP contribution in [-0.2, 0) is 11.3 Å². The SMILES string of the molecule is COCc1ccc(-c2cc(C(=O)O)ncn2)cc1Cl. The molecule has 1 aromatic heterocycles. The van der Waals surface area contributed by atoms with Gasteiger partial charge in [0.15, 0.2) is 5.69 Å². The second kappa shape index (κ2) is 5.77. The summed E-state index contributed by atoms with van der Waals surface area (Å²) >= 11 is 6.12. The minimum absolute atomic E-state index is 0.0536. The van der Waals surface area contributed by atoms with E-state index in [-0.39, 0.29) is 5.69 Å². The molecule has 1 N–H and O–H groups in total. The van der Waals surface area contributed by atoms with Gasteiger partial charge in [-0.25, -0.2) is 14.8 Å². The number of benzene rings is 1. The van der Waals surface area contributed by atoms with E-state index >= 15 is 0 Å².